The van der Waals surface area contributed by atoms with Crippen LogP contribution in [0.15, 0.2) is 28.9 Å². The number of rotatable bonds is 2. The van der Waals surface area contributed by atoms with Gasteiger partial charge in [0.05, 0.1) is 17.2 Å². The number of hydrogen-bond acceptors (Lipinski definition) is 6. The number of carboxylic acids is 1. The Morgan fingerprint density at radius 3 is 2.94 bits per heavy atom. The van der Waals surface area contributed by atoms with Crippen molar-refractivity contribution in [1.29, 1.82) is 0 Å². The number of carbonyl (C=O) groups is 2. The van der Waals surface area contributed by atoms with Crippen LogP contribution in [-0.4, -0.2) is 26.5 Å². The predicted octanol–water partition coefficient (Wildman–Crippen LogP) is -2.96. The first kappa shape index (κ1) is 13.8. The van der Waals surface area contributed by atoms with E-state index in [4.69, 9.17) is 0 Å². The van der Waals surface area contributed by atoms with Gasteiger partial charge in [0.1, 0.15) is 5.37 Å². The molecule has 3 rings (SSSR count). The largest absolute Gasteiger partial charge is 1.00 e. The van der Waals surface area contributed by atoms with Crippen LogP contribution in [0.25, 0.3) is 6.08 Å². The van der Waals surface area contributed by atoms with Crippen LogP contribution in [0.2, 0.25) is 0 Å². The number of amides is 1. The summed E-state index contributed by atoms with van der Waals surface area (Å²) >= 11 is 2.59. The van der Waals surface area contributed by atoms with Crippen LogP contribution in [-0.2, 0) is 9.59 Å². The Morgan fingerprint density at radius 2 is 2.33 bits per heavy atom. The molecule has 0 spiro atoms. The van der Waals surface area contributed by atoms with Crippen molar-refractivity contribution in [2.75, 3.05) is 0 Å². The van der Waals surface area contributed by atoms with Crippen molar-refractivity contribution in [2.45, 2.75) is 5.37 Å². The smallest absolute Gasteiger partial charge is 0.543 e. The standard InChI is InChI=1S/C10H6N2O3S2.Na/c13-8-6(3-5-1-2-11-17-5)9-12(8)7(4-16-9)10(14)15;/h1-4,9H,(H,14,15);/q;+1/p-1/b6-3-;/t9-;/m1./s1. The zero-order chi connectivity index (χ0) is 12.0. The van der Waals surface area contributed by atoms with E-state index in [9.17, 15) is 14.7 Å². The summed E-state index contributed by atoms with van der Waals surface area (Å²) in [6.45, 7) is 0. The fraction of sp³-hybridized carbons (Fsp3) is 0.100. The molecule has 18 heavy (non-hydrogen) atoms. The molecule has 1 atom stereocenters. The molecule has 1 saturated heterocycles. The molecule has 0 radical (unpaired) electrons. The molecule has 1 amide bonds. The maximum absolute atomic E-state index is 11.8. The van der Waals surface area contributed by atoms with Gasteiger partial charge >= 0.3 is 29.6 Å². The molecule has 0 bridgehead atoms. The monoisotopic (exact) mass is 288 g/mol. The average Bonchev–Trinajstić information content (AvgIpc) is 2.93. The number of hydrogen-bond donors (Lipinski definition) is 0. The van der Waals surface area contributed by atoms with Crippen molar-refractivity contribution in [2.24, 2.45) is 0 Å². The van der Waals surface area contributed by atoms with Gasteiger partial charge in [-0.1, -0.05) is 0 Å². The molecule has 0 saturated carbocycles. The zero-order valence-corrected chi connectivity index (χ0v) is 13.0. The van der Waals surface area contributed by atoms with E-state index in [0.29, 0.717) is 5.57 Å². The Bertz CT molecular complexity index is 568. The van der Waals surface area contributed by atoms with Crippen LogP contribution in [0.3, 0.4) is 0 Å². The van der Waals surface area contributed by atoms with Crippen LogP contribution in [0, 0.1) is 0 Å². The van der Waals surface area contributed by atoms with Crippen LogP contribution in [0.4, 0.5) is 0 Å². The van der Waals surface area contributed by atoms with Crippen molar-refractivity contribution in [1.82, 2.24) is 9.27 Å². The summed E-state index contributed by atoms with van der Waals surface area (Å²) in [4.78, 5) is 24.7. The van der Waals surface area contributed by atoms with Crippen molar-refractivity contribution in [3.63, 3.8) is 0 Å². The van der Waals surface area contributed by atoms with E-state index in [0.717, 1.165) is 4.88 Å². The molecule has 0 N–H and O–H groups in total. The van der Waals surface area contributed by atoms with Gasteiger partial charge in [0.2, 0.25) is 0 Å². The van der Waals surface area contributed by atoms with Gasteiger partial charge in [-0.2, -0.15) is 0 Å². The number of thioether (sulfide) groups is 1. The topological polar surface area (TPSA) is 73.3 Å². The van der Waals surface area contributed by atoms with Crippen LogP contribution < -0.4 is 34.7 Å². The minimum atomic E-state index is -1.31. The minimum absolute atomic E-state index is 0. The van der Waals surface area contributed by atoms with E-state index in [1.807, 2.05) is 0 Å². The number of aliphatic carboxylic acids is 1. The van der Waals surface area contributed by atoms with Crippen molar-refractivity contribution in [3.8, 4) is 0 Å². The number of nitrogens with zero attached hydrogens (tertiary/aromatic N) is 2. The van der Waals surface area contributed by atoms with Gasteiger partial charge in [-0.3, -0.25) is 9.69 Å². The molecule has 3 heterocycles. The van der Waals surface area contributed by atoms with Crippen LogP contribution in [0.5, 0.6) is 0 Å². The summed E-state index contributed by atoms with van der Waals surface area (Å²) in [5, 5.41) is 12.0. The minimum Gasteiger partial charge on any atom is -0.543 e. The Kier molecular flexibility index (Phi) is 3.98. The molecule has 86 valence electrons. The van der Waals surface area contributed by atoms with Gasteiger partial charge < -0.3 is 9.90 Å². The molecule has 1 aromatic rings. The SMILES string of the molecule is O=C([O-])C1=CS[C@@H]2/C(=C\c3ccns3)C(=O)N12.[Na+]. The van der Waals surface area contributed by atoms with E-state index in [1.54, 1.807) is 18.3 Å². The quantitative estimate of drug-likeness (QED) is 0.330. The Morgan fingerprint density at radius 1 is 1.56 bits per heavy atom. The molecule has 0 aliphatic carbocycles. The van der Waals surface area contributed by atoms with Gasteiger partial charge in [-0.25, -0.2) is 4.37 Å². The first-order chi connectivity index (χ1) is 8.18. The maximum atomic E-state index is 11.8. The van der Waals surface area contributed by atoms with Crippen LogP contribution >= 0.6 is 23.3 Å². The van der Waals surface area contributed by atoms with Gasteiger partial charge in [0, 0.05) is 11.1 Å². The number of fused-ring (bicyclic) bond motifs is 1. The molecular formula is C10H5N2NaO3S2. The van der Waals surface area contributed by atoms with Gasteiger partial charge in [0.15, 0.2) is 0 Å². The van der Waals surface area contributed by atoms with E-state index in [2.05, 4.69) is 4.37 Å². The predicted molar refractivity (Wildman–Crippen MR) is 61.4 cm³/mol. The van der Waals surface area contributed by atoms with E-state index in [-0.39, 0.29) is 46.5 Å². The Balaban J connectivity index is 0.00000120. The first-order valence-corrected chi connectivity index (χ1v) is 6.43. The summed E-state index contributed by atoms with van der Waals surface area (Å²) in [5.74, 6) is -1.59. The number of aromatic nitrogens is 1. The van der Waals surface area contributed by atoms with E-state index >= 15 is 0 Å². The number of carboxylic acid groups (broad SMARTS) is 1. The van der Waals surface area contributed by atoms with Crippen LogP contribution in [0.1, 0.15) is 4.88 Å². The third-order valence-electron chi connectivity index (χ3n) is 2.50. The molecule has 5 nitrogen and oxygen atoms in total. The summed E-state index contributed by atoms with van der Waals surface area (Å²) in [7, 11) is 0. The van der Waals surface area contributed by atoms with Crippen molar-refractivity contribution < 1.29 is 44.3 Å². The van der Waals surface area contributed by atoms with Gasteiger partial charge in [-0.15, -0.1) is 11.8 Å². The first-order valence-electron chi connectivity index (χ1n) is 4.71. The molecule has 0 aromatic carbocycles. The summed E-state index contributed by atoms with van der Waals surface area (Å²) in [6, 6.07) is 1.81. The average molecular weight is 288 g/mol. The third-order valence-corrected chi connectivity index (χ3v) is 4.27. The Labute approximate surface area is 133 Å². The zero-order valence-electron chi connectivity index (χ0n) is 9.32. The number of β-lactam (4-membered cyclic amide) rings is 1. The fourth-order valence-electron chi connectivity index (χ4n) is 1.71. The maximum Gasteiger partial charge on any atom is 1.00 e. The summed E-state index contributed by atoms with van der Waals surface area (Å²) in [6.07, 6.45) is 3.41. The second-order valence-corrected chi connectivity index (χ2v) is 5.29. The van der Waals surface area contributed by atoms with Gasteiger partial charge in [0.25, 0.3) is 5.91 Å². The molecule has 2 aliphatic rings. The van der Waals surface area contributed by atoms with E-state index < -0.39 is 5.97 Å². The summed E-state index contributed by atoms with van der Waals surface area (Å²) in [5.41, 5.74) is 0.554. The normalized spacial score (nSPS) is 23.2. The van der Waals surface area contributed by atoms with Gasteiger partial charge in [-0.05, 0) is 29.1 Å². The van der Waals surface area contributed by atoms with Crippen molar-refractivity contribution in [3.05, 3.63) is 33.8 Å². The molecule has 8 heteroatoms. The number of carbonyl (C=O) groups excluding carboxylic acids is 2. The summed E-state index contributed by atoms with van der Waals surface area (Å²) < 4.78 is 3.94. The molecular weight excluding hydrogens is 283 g/mol. The second-order valence-electron chi connectivity index (χ2n) is 3.47. The molecule has 0 unspecified atom stereocenters. The van der Waals surface area contributed by atoms with E-state index in [1.165, 1.54) is 33.6 Å². The second kappa shape index (κ2) is 5.18. The van der Waals surface area contributed by atoms with Crippen molar-refractivity contribution >= 4 is 41.2 Å². The molecule has 1 fully saturated rings. The fourth-order valence-corrected chi connectivity index (χ4v) is 3.37. The molecule has 1 aromatic heterocycles. The third kappa shape index (κ3) is 2.06. The Hall–Kier alpha value is -0.600. The molecule has 2 aliphatic heterocycles.